The average molecular weight is 330 g/mol. The molecule has 0 bridgehead atoms. The van der Waals surface area contributed by atoms with Gasteiger partial charge in [0.1, 0.15) is 0 Å². The Morgan fingerprint density at radius 3 is 2.07 bits per heavy atom. The molecule has 0 unspecified atom stereocenters. The molecular weight excluding hydrogens is 308 g/mol. The molecule has 0 aromatic heterocycles. The van der Waals surface area contributed by atoms with Gasteiger partial charge in [-0.15, -0.1) is 0 Å². The second-order valence-corrected chi connectivity index (χ2v) is 5.74. The van der Waals surface area contributed by atoms with Crippen molar-refractivity contribution in [1.82, 2.24) is 8.83 Å². The van der Waals surface area contributed by atoms with Gasteiger partial charge in [0.05, 0.1) is 0 Å². The van der Waals surface area contributed by atoms with E-state index in [-0.39, 0.29) is 0 Å². The Labute approximate surface area is 105 Å². The molecular formula is C10H22Br2N2. The topological polar surface area (TPSA) is 6.48 Å². The minimum atomic E-state index is 1.08. The summed E-state index contributed by atoms with van der Waals surface area (Å²) >= 11 is 6.86. The summed E-state index contributed by atoms with van der Waals surface area (Å²) in [7, 11) is 4.24. The molecule has 0 fully saturated rings. The number of hydrogen-bond donors (Lipinski definition) is 0. The maximum absolute atomic E-state index is 3.45. The number of halogens is 2. The summed E-state index contributed by atoms with van der Waals surface area (Å²) in [4.78, 5) is 2.39. The van der Waals surface area contributed by atoms with Gasteiger partial charge >= 0.3 is 0 Å². The summed E-state index contributed by atoms with van der Waals surface area (Å²) in [5, 5.41) is 1.15. The van der Waals surface area contributed by atoms with Gasteiger partial charge in [-0.05, 0) is 33.5 Å². The number of likely N-dealkylation sites (N-methyl/N-ethyl adjacent to an activating group) is 2. The lowest BCUT2D eigenvalue weighted by Crippen LogP contribution is -2.27. The molecule has 14 heavy (non-hydrogen) atoms. The highest BCUT2D eigenvalue weighted by molar-refractivity contribution is 9.09. The maximum atomic E-state index is 3.45. The highest BCUT2D eigenvalue weighted by atomic mass is 79.9. The van der Waals surface area contributed by atoms with E-state index in [0.717, 1.165) is 18.4 Å². The van der Waals surface area contributed by atoms with Crippen LogP contribution in [0.25, 0.3) is 0 Å². The first-order valence-electron chi connectivity index (χ1n) is 5.28. The van der Waals surface area contributed by atoms with Crippen molar-refractivity contribution in [2.45, 2.75) is 25.7 Å². The van der Waals surface area contributed by atoms with Crippen LogP contribution in [-0.4, -0.2) is 47.9 Å². The highest BCUT2D eigenvalue weighted by Crippen LogP contribution is 2.03. The number of unbranched alkanes of at least 4 members (excludes halogenated alkanes) is 3. The maximum Gasteiger partial charge on any atom is 0.0217 e. The van der Waals surface area contributed by atoms with Crippen molar-refractivity contribution in [3.63, 3.8) is 0 Å². The Bertz CT molecular complexity index is 121. The van der Waals surface area contributed by atoms with Crippen LogP contribution in [0, 0.1) is 0 Å². The van der Waals surface area contributed by atoms with Crippen molar-refractivity contribution in [2.24, 2.45) is 0 Å². The summed E-state index contributed by atoms with van der Waals surface area (Å²) in [5.74, 6) is 0. The molecule has 0 rings (SSSR count). The number of alkyl halides is 1. The van der Waals surface area contributed by atoms with E-state index in [1.807, 2.05) is 11.0 Å². The van der Waals surface area contributed by atoms with Crippen LogP contribution in [0.4, 0.5) is 0 Å². The van der Waals surface area contributed by atoms with Crippen molar-refractivity contribution < 1.29 is 0 Å². The summed E-state index contributed by atoms with van der Waals surface area (Å²) in [6.07, 6.45) is 5.36. The summed E-state index contributed by atoms with van der Waals surface area (Å²) < 4.78 is 2.05. The molecule has 0 aromatic carbocycles. The molecule has 0 aromatic rings. The van der Waals surface area contributed by atoms with Crippen LogP contribution in [-0.2, 0) is 0 Å². The Morgan fingerprint density at radius 1 is 0.857 bits per heavy atom. The predicted molar refractivity (Wildman–Crippen MR) is 71.3 cm³/mol. The molecule has 0 heterocycles. The van der Waals surface area contributed by atoms with Crippen molar-refractivity contribution >= 4 is 32.1 Å². The van der Waals surface area contributed by atoms with E-state index in [4.69, 9.17) is 0 Å². The summed E-state index contributed by atoms with van der Waals surface area (Å²) in [6, 6.07) is 0. The van der Waals surface area contributed by atoms with Gasteiger partial charge in [0.25, 0.3) is 0 Å². The van der Waals surface area contributed by atoms with Gasteiger partial charge < -0.3 is 4.90 Å². The van der Waals surface area contributed by atoms with Gasteiger partial charge in [-0.25, -0.2) is 3.93 Å². The van der Waals surface area contributed by atoms with E-state index in [1.54, 1.807) is 0 Å². The van der Waals surface area contributed by atoms with Crippen molar-refractivity contribution in [1.29, 1.82) is 0 Å². The van der Waals surface area contributed by atoms with Gasteiger partial charge in [-0.2, -0.15) is 0 Å². The number of hydrogen-bond acceptors (Lipinski definition) is 2. The molecule has 0 saturated heterocycles. The van der Waals surface area contributed by atoms with Gasteiger partial charge in [-0.3, -0.25) is 0 Å². The van der Waals surface area contributed by atoms with Gasteiger partial charge in [0, 0.05) is 34.6 Å². The molecule has 0 saturated carbocycles. The van der Waals surface area contributed by atoms with Gasteiger partial charge in [-0.1, -0.05) is 28.8 Å². The molecule has 0 aliphatic heterocycles. The van der Waals surface area contributed by atoms with E-state index in [2.05, 4.69) is 44.0 Å². The van der Waals surface area contributed by atoms with Crippen molar-refractivity contribution in [2.75, 3.05) is 39.1 Å². The Kier molecular flexibility index (Phi) is 11.1. The second-order valence-electron chi connectivity index (χ2n) is 3.73. The van der Waals surface area contributed by atoms with Crippen molar-refractivity contribution in [3.8, 4) is 0 Å². The zero-order chi connectivity index (χ0) is 10.8. The Balaban J connectivity index is 3.14. The SMILES string of the molecule is CN(Br)CCN(C)CCCCCCBr. The largest absolute Gasteiger partial charge is 0.305 e. The van der Waals surface area contributed by atoms with Gasteiger partial charge in [0.15, 0.2) is 0 Å². The molecule has 0 spiro atoms. The molecule has 0 aliphatic carbocycles. The van der Waals surface area contributed by atoms with E-state index in [9.17, 15) is 0 Å². The fraction of sp³-hybridized carbons (Fsp3) is 1.00. The Morgan fingerprint density at radius 2 is 1.50 bits per heavy atom. The zero-order valence-corrected chi connectivity index (χ0v) is 12.5. The molecule has 0 amide bonds. The van der Waals surface area contributed by atoms with Crippen LogP contribution < -0.4 is 0 Å². The van der Waals surface area contributed by atoms with E-state index in [0.29, 0.717) is 0 Å². The van der Waals surface area contributed by atoms with E-state index in [1.165, 1.54) is 32.2 Å². The minimum absolute atomic E-state index is 1.08. The van der Waals surface area contributed by atoms with Crippen LogP contribution in [0.2, 0.25) is 0 Å². The third kappa shape index (κ3) is 11.0. The predicted octanol–water partition coefficient (Wildman–Crippen LogP) is 3.12. The van der Waals surface area contributed by atoms with Crippen LogP contribution >= 0.6 is 32.1 Å². The number of nitrogens with zero attached hydrogens (tertiary/aromatic N) is 2. The average Bonchev–Trinajstić information content (AvgIpc) is 2.14. The third-order valence-electron chi connectivity index (χ3n) is 2.21. The highest BCUT2D eigenvalue weighted by Gasteiger charge is 1.99. The molecule has 0 atom stereocenters. The monoisotopic (exact) mass is 328 g/mol. The summed E-state index contributed by atoms with van der Waals surface area (Å²) in [5.41, 5.74) is 0. The molecule has 86 valence electrons. The van der Waals surface area contributed by atoms with Crippen LogP contribution in [0.3, 0.4) is 0 Å². The van der Waals surface area contributed by atoms with Crippen LogP contribution in [0.15, 0.2) is 0 Å². The van der Waals surface area contributed by atoms with Gasteiger partial charge in [0.2, 0.25) is 0 Å². The lowest BCUT2D eigenvalue weighted by atomic mass is 10.2. The first-order valence-corrected chi connectivity index (χ1v) is 7.11. The first kappa shape index (κ1) is 14.9. The molecule has 2 nitrogen and oxygen atoms in total. The molecule has 4 heteroatoms. The third-order valence-corrected chi connectivity index (χ3v) is 3.13. The standard InChI is InChI=1S/C10H22Br2N2/c1-13(9-10-14(2)12)8-6-4-3-5-7-11/h3-10H2,1-2H3. The van der Waals surface area contributed by atoms with E-state index < -0.39 is 0 Å². The quantitative estimate of drug-likeness (QED) is 0.364. The normalized spacial score (nSPS) is 11.6. The molecule has 0 N–H and O–H groups in total. The smallest absolute Gasteiger partial charge is 0.0217 e. The Hall–Kier alpha value is 0.880. The summed E-state index contributed by atoms with van der Waals surface area (Å²) in [6.45, 7) is 3.45. The van der Waals surface area contributed by atoms with E-state index >= 15 is 0 Å². The molecule has 0 radical (unpaired) electrons. The minimum Gasteiger partial charge on any atom is -0.305 e. The van der Waals surface area contributed by atoms with Crippen LogP contribution in [0.1, 0.15) is 25.7 Å². The zero-order valence-electron chi connectivity index (χ0n) is 9.31. The lowest BCUT2D eigenvalue weighted by molar-refractivity contribution is 0.308. The second kappa shape index (κ2) is 10.4. The lowest BCUT2D eigenvalue weighted by Gasteiger charge is -2.18. The first-order chi connectivity index (χ1) is 6.66. The van der Waals surface area contributed by atoms with Crippen LogP contribution in [0.5, 0.6) is 0 Å². The molecule has 0 aliphatic rings. The number of rotatable bonds is 9. The van der Waals surface area contributed by atoms with Crippen molar-refractivity contribution in [3.05, 3.63) is 0 Å². The fourth-order valence-corrected chi connectivity index (χ4v) is 1.81. The fourth-order valence-electron chi connectivity index (χ4n) is 1.25.